The van der Waals surface area contributed by atoms with Crippen LogP contribution in [0.25, 0.3) is 0 Å². The lowest BCUT2D eigenvalue weighted by Gasteiger charge is -2.32. The number of nitrogens with zero attached hydrogens (tertiary/aromatic N) is 3. The van der Waals surface area contributed by atoms with Crippen molar-refractivity contribution < 1.29 is 24.0 Å². The summed E-state index contributed by atoms with van der Waals surface area (Å²) in [5.74, 6) is 0.478. The van der Waals surface area contributed by atoms with Crippen molar-refractivity contribution in [2.45, 2.75) is 36.4 Å². The number of carbonyl (C=O) groups excluding carboxylic acids is 1. The lowest BCUT2D eigenvalue weighted by Crippen LogP contribution is -2.46. The molecule has 1 aromatic heterocycles. The second-order valence-electron chi connectivity index (χ2n) is 9.59. The number of aromatic nitrogens is 1. The summed E-state index contributed by atoms with van der Waals surface area (Å²) in [6.07, 6.45) is 4.44. The summed E-state index contributed by atoms with van der Waals surface area (Å²) in [7, 11) is -1.32. The van der Waals surface area contributed by atoms with Gasteiger partial charge in [0.05, 0.1) is 27.0 Å². The second kappa shape index (κ2) is 13.3. The van der Waals surface area contributed by atoms with Crippen LogP contribution in [0.4, 0.5) is 0 Å². The number of piperidine rings is 1. The number of phenolic OH excluding ortho intramolecular Hbond substituents is 1. The third kappa shape index (κ3) is 7.96. The molecule has 2 atom stereocenters. The van der Waals surface area contributed by atoms with Gasteiger partial charge in [-0.15, -0.1) is 0 Å². The fourth-order valence-corrected chi connectivity index (χ4v) is 5.23. The van der Waals surface area contributed by atoms with Crippen molar-refractivity contribution in [2.75, 3.05) is 58.7 Å². The van der Waals surface area contributed by atoms with Crippen molar-refractivity contribution in [1.82, 2.24) is 25.4 Å². The number of likely N-dealkylation sites (tertiary alicyclic amines) is 1. The number of piperazine rings is 1. The first-order valence-corrected chi connectivity index (χ1v) is 14.3. The topological polar surface area (TPSA) is 127 Å². The van der Waals surface area contributed by atoms with Gasteiger partial charge in [0.25, 0.3) is 5.91 Å². The molecule has 2 aromatic rings. The number of pyridine rings is 1. The van der Waals surface area contributed by atoms with Crippen LogP contribution in [0.5, 0.6) is 11.5 Å². The van der Waals surface area contributed by atoms with E-state index in [1.54, 1.807) is 12.3 Å². The molecule has 4 N–H and O–H groups in total. The molecule has 0 radical (unpaired) electrons. The number of aromatic hydroxyl groups is 1. The number of benzene rings is 1. The van der Waals surface area contributed by atoms with Crippen LogP contribution in [0.1, 0.15) is 28.9 Å². The Morgan fingerprint density at radius 2 is 1.97 bits per heavy atom. The number of carbonyl (C=O) groups is 1. The summed E-state index contributed by atoms with van der Waals surface area (Å²) in [4.78, 5) is 21.7. The van der Waals surface area contributed by atoms with Gasteiger partial charge in [-0.2, -0.15) is 0 Å². The van der Waals surface area contributed by atoms with Gasteiger partial charge in [-0.1, -0.05) is 0 Å². The fraction of sp³-hybridized carbons (Fsp3) is 0.538. The standard InChI is InChI=1S/C26H37N5O5S/c1-37(35)25-14-23(4-5-24(25)33)36-18-22(32)16-29-20-6-10-30(11-7-20)17-21-3-2-19(15-28-21)26(34)31-12-8-27-9-13-31/h2-5,14-15,20,22,27,29,32-33H,6-13,16-18H2,1H3. The largest absolute Gasteiger partial charge is 0.507 e. The Morgan fingerprint density at radius 3 is 2.65 bits per heavy atom. The van der Waals surface area contributed by atoms with Crippen molar-refractivity contribution in [3.05, 3.63) is 47.8 Å². The summed E-state index contributed by atoms with van der Waals surface area (Å²) < 4.78 is 17.3. The lowest BCUT2D eigenvalue weighted by atomic mass is 10.0. The highest BCUT2D eigenvalue weighted by Gasteiger charge is 2.21. The quantitative estimate of drug-likeness (QED) is 0.348. The van der Waals surface area contributed by atoms with E-state index in [0.29, 0.717) is 28.8 Å². The van der Waals surface area contributed by atoms with E-state index in [1.807, 2.05) is 17.0 Å². The molecule has 0 spiro atoms. The molecule has 37 heavy (non-hydrogen) atoms. The lowest BCUT2D eigenvalue weighted by molar-refractivity contribution is 0.0735. The van der Waals surface area contributed by atoms with Crippen LogP contribution >= 0.6 is 0 Å². The monoisotopic (exact) mass is 531 g/mol. The Hall–Kier alpha value is -2.57. The number of aliphatic hydroxyl groups excluding tert-OH is 1. The number of nitrogens with one attached hydrogen (secondary N) is 2. The van der Waals surface area contributed by atoms with Crippen LogP contribution in [-0.2, 0) is 17.3 Å². The highest BCUT2D eigenvalue weighted by atomic mass is 32.2. The number of aliphatic hydroxyl groups is 1. The minimum absolute atomic E-state index is 0.0320. The first-order valence-electron chi connectivity index (χ1n) is 12.8. The molecule has 2 aliphatic heterocycles. The summed E-state index contributed by atoms with van der Waals surface area (Å²) in [5, 5.41) is 26.8. The summed E-state index contributed by atoms with van der Waals surface area (Å²) >= 11 is 0. The minimum atomic E-state index is -1.32. The third-order valence-corrected chi connectivity index (χ3v) is 7.72. The van der Waals surface area contributed by atoms with Crippen LogP contribution < -0.4 is 15.4 Å². The molecular formula is C26H37N5O5S. The highest BCUT2D eigenvalue weighted by molar-refractivity contribution is 7.84. The van der Waals surface area contributed by atoms with Crippen molar-refractivity contribution >= 4 is 16.7 Å². The summed E-state index contributed by atoms with van der Waals surface area (Å²) in [6, 6.07) is 8.72. The average molecular weight is 532 g/mol. The van der Waals surface area contributed by atoms with E-state index in [-0.39, 0.29) is 18.3 Å². The van der Waals surface area contributed by atoms with E-state index in [2.05, 4.69) is 20.5 Å². The number of phenols is 1. The Kier molecular flexibility index (Phi) is 9.87. The molecule has 2 fully saturated rings. The Morgan fingerprint density at radius 1 is 1.22 bits per heavy atom. The van der Waals surface area contributed by atoms with Gasteiger partial charge in [-0.05, 0) is 43.2 Å². The number of amides is 1. The predicted molar refractivity (Wildman–Crippen MR) is 141 cm³/mol. The van der Waals surface area contributed by atoms with E-state index >= 15 is 0 Å². The van der Waals surface area contributed by atoms with Crippen LogP contribution in [0.3, 0.4) is 0 Å². The first-order chi connectivity index (χ1) is 17.9. The van der Waals surface area contributed by atoms with Gasteiger partial charge in [0, 0.05) is 70.9 Å². The predicted octanol–water partition coefficient (Wildman–Crippen LogP) is 0.564. The molecule has 2 unspecified atom stereocenters. The number of rotatable bonds is 10. The molecule has 2 saturated heterocycles. The maximum Gasteiger partial charge on any atom is 0.255 e. The van der Waals surface area contributed by atoms with E-state index in [4.69, 9.17) is 4.74 Å². The van der Waals surface area contributed by atoms with Crippen molar-refractivity contribution in [1.29, 1.82) is 0 Å². The zero-order valence-corrected chi connectivity index (χ0v) is 22.1. The summed E-state index contributed by atoms with van der Waals surface area (Å²) in [6.45, 7) is 6.25. The Bertz CT molecular complexity index is 1060. The normalized spacial score (nSPS) is 18.9. The van der Waals surface area contributed by atoms with Crippen molar-refractivity contribution in [3.8, 4) is 11.5 Å². The SMILES string of the molecule is CS(=O)c1cc(OCC(O)CNC2CCN(Cc3ccc(C(=O)N4CCNCC4)cn3)CC2)ccc1O. The molecule has 1 aromatic carbocycles. The minimum Gasteiger partial charge on any atom is -0.507 e. The van der Waals surface area contributed by atoms with Crippen LogP contribution in [0, 0.1) is 0 Å². The van der Waals surface area contributed by atoms with E-state index < -0.39 is 16.9 Å². The van der Waals surface area contributed by atoms with E-state index in [1.165, 1.54) is 18.4 Å². The molecule has 0 bridgehead atoms. The van der Waals surface area contributed by atoms with Crippen LogP contribution in [-0.4, -0.2) is 106 Å². The Labute approximate surface area is 220 Å². The Balaban J connectivity index is 1.14. The van der Waals surface area contributed by atoms with Gasteiger partial charge in [0.2, 0.25) is 0 Å². The fourth-order valence-electron chi connectivity index (χ4n) is 4.59. The smallest absolute Gasteiger partial charge is 0.255 e. The molecule has 11 heteroatoms. The average Bonchev–Trinajstić information content (AvgIpc) is 2.92. The first kappa shape index (κ1) is 27.5. The number of ether oxygens (including phenoxy) is 1. The zero-order chi connectivity index (χ0) is 26.2. The van der Waals surface area contributed by atoms with Crippen molar-refractivity contribution in [3.63, 3.8) is 0 Å². The van der Waals surface area contributed by atoms with Gasteiger partial charge in [-0.3, -0.25) is 18.9 Å². The second-order valence-corrected chi connectivity index (χ2v) is 10.9. The summed E-state index contributed by atoms with van der Waals surface area (Å²) in [5.41, 5.74) is 1.60. The molecule has 1 amide bonds. The van der Waals surface area contributed by atoms with Gasteiger partial charge < -0.3 is 30.5 Å². The van der Waals surface area contributed by atoms with Crippen LogP contribution in [0.15, 0.2) is 41.4 Å². The molecule has 0 aliphatic carbocycles. The van der Waals surface area contributed by atoms with E-state index in [0.717, 1.165) is 64.3 Å². The van der Waals surface area contributed by atoms with Gasteiger partial charge in [-0.25, -0.2) is 0 Å². The van der Waals surface area contributed by atoms with Gasteiger partial charge in [0.1, 0.15) is 24.2 Å². The molecule has 202 valence electrons. The van der Waals surface area contributed by atoms with Crippen molar-refractivity contribution in [2.24, 2.45) is 0 Å². The molecular weight excluding hydrogens is 494 g/mol. The molecule has 0 saturated carbocycles. The van der Waals surface area contributed by atoms with Crippen LogP contribution in [0.2, 0.25) is 0 Å². The zero-order valence-electron chi connectivity index (χ0n) is 21.3. The van der Waals surface area contributed by atoms with Gasteiger partial charge in [0.15, 0.2) is 0 Å². The van der Waals surface area contributed by atoms with E-state index in [9.17, 15) is 19.2 Å². The molecule has 10 nitrogen and oxygen atoms in total. The molecule has 4 rings (SSSR count). The maximum atomic E-state index is 12.6. The maximum absolute atomic E-state index is 12.6. The highest BCUT2D eigenvalue weighted by Crippen LogP contribution is 2.25. The number of hydrogen-bond donors (Lipinski definition) is 4. The molecule has 3 heterocycles. The third-order valence-electron chi connectivity index (χ3n) is 6.77. The molecule has 2 aliphatic rings. The van der Waals surface area contributed by atoms with Gasteiger partial charge >= 0.3 is 0 Å². The number of hydrogen-bond acceptors (Lipinski definition) is 9.